The molecule has 0 aromatic heterocycles. The zero-order valence-corrected chi connectivity index (χ0v) is 10.5. The summed E-state index contributed by atoms with van der Waals surface area (Å²) in [4.78, 5) is 0. The molecule has 1 aromatic carbocycles. The number of ether oxygens (including phenoxy) is 1. The molecular formula is C13H15ClN2O. The highest BCUT2D eigenvalue weighted by Gasteiger charge is 2.37. The molecular weight excluding hydrogens is 236 g/mol. The maximum absolute atomic E-state index is 9.15. The lowest BCUT2D eigenvalue weighted by molar-refractivity contribution is 0.233. The first kappa shape index (κ1) is 12.1. The van der Waals surface area contributed by atoms with Crippen molar-refractivity contribution in [2.45, 2.75) is 19.3 Å². The Labute approximate surface area is 106 Å². The summed E-state index contributed by atoms with van der Waals surface area (Å²) in [6.07, 6.45) is 3.08. The predicted octanol–water partition coefficient (Wildman–Crippen LogP) is 3.45. The van der Waals surface area contributed by atoms with Gasteiger partial charge in [-0.1, -0.05) is 18.0 Å². The molecule has 0 spiro atoms. The van der Waals surface area contributed by atoms with Gasteiger partial charge in [-0.2, -0.15) is 5.26 Å². The monoisotopic (exact) mass is 250 g/mol. The standard InChI is InChI=1S/C13H15ClN2O/c1-17-12-4-3-10(14)7-11(12)16-9-13(8-15)5-2-6-13/h3-4,7,16H,2,5-6,9H2,1H3. The van der Waals surface area contributed by atoms with Crippen LogP contribution in [0.1, 0.15) is 19.3 Å². The fraction of sp³-hybridized carbons (Fsp3) is 0.462. The lowest BCUT2D eigenvalue weighted by atomic mass is 9.70. The Balaban J connectivity index is 2.08. The van der Waals surface area contributed by atoms with E-state index in [-0.39, 0.29) is 5.41 Å². The molecule has 0 bridgehead atoms. The van der Waals surface area contributed by atoms with E-state index in [0.29, 0.717) is 11.6 Å². The highest BCUT2D eigenvalue weighted by atomic mass is 35.5. The topological polar surface area (TPSA) is 45.0 Å². The van der Waals surface area contributed by atoms with Crippen LogP contribution in [-0.2, 0) is 0 Å². The van der Waals surface area contributed by atoms with E-state index in [1.165, 1.54) is 0 Å². The number of nitriles is 1. The van der Waals surface area contributed by atoms with Gasteiger partial charge >= 0.3 is 0 Å². The van der Waals surface area contributed by atoms with Crippen LogP contribution in [0.5, 0.6) is 5.75 Å². The van der Waals surface area contributed by atoms with Crippen LogP contribution in [0.15, 0.2) is 18.2 Å². The third kappa shape index (κ3) is 2.48. The number of benzene rings is 1. The summed E-state index contributed by atoms with van der Waals surface area (Å²) in [6.45, 7) is 0.653. The lowest BCUT2D eigenvalue weighted by Gasteiger charge is -2.35. The number of anilines is 1. The minimum Gasteiger partial charge on any atom is -0.495 e. The van der Waals surface area contributed by atoms with Gasteiger partial charge in [0.05, 0.1) is 24.3 Å². The quantitative estimate of drug-likeness (QED) is 0.890. The van der Waals surface area contributed by atoms with Gasteiger partial charge in [0.15, 0.2) is 0 Å². The molecule has 1 aliphatic carbocycles. The van der Waals surface area contributed by atoms with E-state index in [1.54, 1.807) is 13.2 Å². The van der Waals surface area contributed by atoms with Gasteiger partial charge in [-0.05, 0) is 31.0 Å². The van der Waals surface area contributed by atoms with E-state index in [4.69, 9.17) is 21.6 Å². The van der Waals surface area contributed by atoms with Crippen molar-refractivity contribution in [2.75, 3.05) is 19.0 Å². The summed E-state index contributed by atoms with van der Waals surface area (Å²) < 4.78 is 5.25. The second-order valence-electron chi connectivity index (χ2n) is 4.44. The second kappa shape index (κ2) is 4.85. The van der Waals surface area contributed by atoms with E-state index in [9.17, 15) is 0 Å². The molecule has 0 aliphatic heterocycles. The Morgan fingerprint density at radius 3 is 2.82 bits per heavy atom. The molecule has 4 heteroatoms. The van der Waals surface area contributed by atoms with Crippen LogP contribution in [0.2, 0.25) is 5.02 Å². The average Bonchev–Trinajstić information content (AvgIpc) is 2.28. The van der Waals surface area contributed by atoms with E-state index >= 15 is 0 Å². The van der Waals surface area contributed by atoms with Crippen LogP contribution >= 0.6 is 11.6 Å². The van der Waals surface area contributed by atoms with Gasteiger partial charge in [0.1, 0.15) is 5.75 Å². The molecule has 2 rings (SSSR count). The highest BCUT2D eigenvalue weighted by molar-refractivity contribution is 6.30. The molecule has 1 aliphatic rings. The maximum atomic E-state index is 9.15. The summed E-state index contributed by atoms with van der Waals surface area (Å²) in [5.74, 6) is 0.752. The van der Waals surface area contributed by atoms with Gasteiger partial charge in [0.2, 0.25) is 0 Å². The van der Waals surface area contributed by atoms with Gasteiger partial charge in [-0.15, -0.1) is 0 Å². The molecule has 17 heavy (non-hydrogen) atoms. The summed E-state index contributed by atoms with van der Waals surface area (Å²) in [5, 5.41) is 13.1. The van der Waals surface area contributed by atoms with E-state index in [0.717, 1.165) is 30.7 Å². The molecule has 1 N–H and O–H groups in total. The molecule has 0 radical (unpaired) electrons. The smallest absolute Gasteiger partial charge is 0.142 e. The zero-order chi connectivity index (χ0) is 12.3. The van der Waals surface area contributed by atoms with Crippen LogP contribution in [0, 0.1) is 16.7 Å². The summed E-state index contributed by atoms with van der Waals surface area (Å²) in [6, 6.07) is 7.84. The summed E-state index contributed by atoms with van der Waals surface area (Å²) >= 11 is 5.94. The fourth-order valence-corrected chi connectivity index (χ4v) is 2.19. The molecule has 1 saturated carbocycles. The molecule has 90 valence electrons. The Morgan fingerprint density at radius 1 is 1.53 bits per heavy atom. The van der Waals surface area contributed by atoms with Gasteiger partial charge in [0, 0.05) is 11.6 Å². The van der Waals surface area contributed by atoms with Gasteiger partial charge in [-0.3, -0.25) is 0 Å². The van der Waals surface area contributed by atoms with E-state index in [2.05, 4.69) is 11.4 Å². The number of nitrogens with zero attached hydrogens (tertiary/aromatic N) is 1. The first-order valence-corrected chi connectivity index (χ1v) is 6.06. The van der Waals surface area contributed by atoms with Crippen molar-refractivity contribution >= 4 is 17.3 Å². The third-order valence-corrected chi connectivity index (χ3v) is 3.56. The largest absolute Gasteiger partial charge is 0.495 e. The van der Waals surface area contributed by atoms with Gasteiger partial charge < -0.3 is 10.1 Å². The number of nitrogens with one attached hydrogen (secondary N) is 1. The van der Waals surface area contributed by atoms with Crippen molar-refractivity contribution in [3.05, 3.63) is 23.2 Å². The van der Waals surface area contributed by atoms with Crippen LogP contribution in [0.25, 0.3) is 0 Å². The van der Waals surface area contributed by atoms with Crippen molar-refractivity contribution < 1.29 is 4.74 Å². The molecule has 0 atom stereocenters. The minimum absolute atomic E-state index is 0.201. The van der Waals surface area contributed by atoms with Crippen molar-refractivity contribution in [3.8, 4) is 11.8 Å². The Hall–Kier alpha value is -1.40. The Bertz CT molecular complexity index is 449. The molecule has 1 aromatic rings. The number of halogens is 1. The average molecular weight is 251 g/mol. The second-order valence-corrected chi connectivity index (χ2v) is 4.88. The Morgan fingerprint density at radius 2 is 2.29 bits per heavy atom. The van der Waals surface area contributed by atoms with Crippen LogP contribution in [0.4, 0.5) is 5.69 Å². The molecule has 0 heterocycles. The van der Waals surface area contributed by atoms with Crippen molar-refractivity contribution in [1.29, 1.82) is 5.26 Å². The zero-order valence-electron chi connectivity index (χ0n) is 9.79. The normalized spacial score (nSPS) is 16.8. The highest BCUT2D eigenvalue weighted by Crippen LogP contribution is 2.41. The summed E-state index contributed by atoms with van der Waals surface area (Å²) in [5.41, 5.74) is 0.648. The van der Waals surface area contributed by atoms with Crippen LogP contribution < -0.4 is 10.1 Å². The first-order valence-electron chi connectivity index (χ1n) is 5.68. The predicted molar refractivity (Wildman–Crippen MR) is 68.4 cm³/mol. The minimum atomic E-state index is -0.201. The van der Waals surface area contributed by atoms with Crippen molar-refractivity contribution in [1.82, 2.24) is 0 Å². The molecule has 1 fully saturated rings. The van der Waals surface area contributed by atoms with E-state index < -0.39 is 0 Å². The fourth-order valence-electron chi connectivity index (χ4n) is 2.01. The molecule has 0 unspecified atom stereocenters. The van der Waals surface area contributed by atoms with Crippen molar-refractivity contribution in [2.24, 2.45) is 5.41 Å². The number of hydrogen-bond donors (Lipinski definition) is 1. The summed E-state index contributed by atoms with van der Waals surface area (Å²) in [7, 11) is 1.62. The maximum Gasteiger partial charge on any atom is 0.142 e. The van der Waals surface area contributed by atoms with Crippen molar-refractivity contribution in [3.63, 3.8) is 0 Å². The molecule has 0 amide bonds. The molecule has 3 nitrogen and oxygen atoms in total. The van der Waals surface area contributed by atoms with Crippen LogP contribution in [-0.4, -0.2) is 13.7 Å². The van der Waals surface area contributed by atoms with Gasteiger partial charge in [0.25, 0.3) is 0 Å². The molecule has 0 saturated heterocycles. The van der Waals surface area contributed by atoms with Gasteiger partial charge in [-0.25, -0.2) is 0 Å². The number of rotatable bonds is 4. The first-order chi connectivity index (χ1) is 8.19. The van der Waals surface area contributed by atoms with E-state index in [1.807, 2.05) is 12.1 Å². The SMILES string of the molecule is COc1ccc(Cl)cc1NCC1(C#N)CCC1. The Kier molecular flexibility index (Phi) is 3.44. The van der Waals surface area contributed by atoms with Crippen LogP contribution in [0.3, 0.4) is 0 Å². The number of methoxy groups -OCH3 is 1. The third-order valence-electron chi connectivity index (χ3n) is 3.33. The lowest BCUT2D eigenvalue weighted by Crippen LogP contribution is -2.35. The number of hydrogen-bond acceptors (Lipinski definition) is 3.